The van der Waals surface area contributed by atoms with E-state index in [-0.39, 0.29) is 0 Å². The lowest BCUT2D eigenvalue weighted by Gasteiger charge is -2.32. The summed E-state index contributed by atoms with van der Waals surface area (Å²) in [5, 5.41) is 4.09. The van der Waals surface area contributed by atoms with Crippen molar-refractivity contribution in [2.24, 2.45) is 5.73 Å². The highest BCUT2D eigenvalue weighted by Crippen LogP contribution is 2.31. The van der Waals surface area contributed by atoms with Crippen LogP contribution < -0.4 is 16.8 Å². The van der Waals surface area contributed by atoms with Gasteiger partial charge in [0.15, 0.2) is 0 Å². The Balaban J connectivity index is 2.18. The average Bonchev–Trinajstić information content (AvgIpc) is 2.41. The number of para-hydroxylation sites is 1. The summed E-state index contributed by atoms with van der Waals surface area (Å²) < 4.78 is 0. The summed E-state index contributed by atoms with van der Waals surface area (Å²) in [5.41, 5.74) is 13.0. The van der Waals surface area contributed by atoms with Crippen LogP contribution in [-0.4, -0.2) is 23.5 Å². The quantitative estimate of drug-likeness (QED) is 0.739. The van der Waals surface area contributed by atoms with E-state index in [1.54, 1.807) is 6.07 Å². The van der Waals surface area contributed by atoms with Crippen molar-refractivity contribution in [2.75, 3.05) is 17.3 Å². The van der Waals surface area contributed by atoms with Gasteiger partial charge in [-0.2, -0.15) is 11.8 Å². The van der Waals surface area contributed by atoms with Gasteiger partial charge in [-0.3, -0.25) is 4.79 Å². The molecule has 2 atom stereocenters. The zero-order chi connectivity index (χ0) is 13.8. The Kier molecular flexibility index (Phi) is 4.58. The second kappa shape index (κ2) is 6.19. The highest BCUT2D eigenvalue weighted by Gasteiger charge is 2.25. The highest BCUT2D eigenvalue weighted by atomic mass is 32.2. The number of carbonyl (C=O) groups is 1. The predicted molar refractivity (Wildman–Crippen MR) is 82.6 cm³/mol. The van der Waals surface area contributed by atoms with E-state index in [4.69, 9.17) is 11.5 Å². The Morgan fingerprint density at radius 2 is 2.11 bits per heavy atom. The molecule has 5 N–H and O–H groups in total. The van der Waals surface area contributed by atoms with Gasteiger partial charge in [-0.25, -0.2) is 0 Å². The summed E-state index contributed by atoms with van der Waals surface area (Å²) in [6, 6.07) is 5.80. The van der Waals surface area contributed by atoms with Crippen molar-refractivity contribution < 1.29 is 4.79 Å². The van der Waals surface area contributed by atoms with E-state index < -0.39 is 5.91 Å². The molecule has 2 unspecified atom stereocenters. The average molecular weight is 279 g/mol. The van der Waals surface area contributed by atoms with Gasteiger partial charge in [0.1, 0.15) is 0 Å². The Morgan fingerprint density at radius 3 is 2.79 bits per heavy atom. The zero-order valence-electron chi connectivity index (χ0n) is 11.2. The number of primary amides is 1. The van der Waals surface area contributed by atoms with Gasteiger partial charge in [-0.05, 0) is 31.2 Å². The first kappa shape index (κ1) is 14.1. The van der Waals surface area contributed by atoms with E-state index in [9.17, 15) is 4.79 Å². The van der Waals surface area contributed by atoms with Crippen LogP contribution in [0.25, 0.3) is 0 Å². The molecule has 0 bridgehead atoms. The number of hydrogen-bond donors (Lipinski definition) is 3. The van der Waals surface area contributed by atoms with Crippen LogP contribution in [0.3, 0.4) is 0 Å². The van der Waals surface area contributed by atoms with E-state index >= 15 is 0 Å². The number of nitrogens with one attached hydrogen (secondary N) is 1. The van der Waals surface area contributed by atoms with Gasteiger partial charge in [-0.1, -0.05) is 18.9 Å². The van der Waals surface area contributed by atoms with Crippen molar-refractivity contribution in [3.05, 3.63) is 23.8 Å². The van der Waals surface area contributed by atoms with Crippen LogP contribution in [-0.2, 0) is 0 Å². The first-order valence-corrected chi connectivity index (χ1v) is 7.90. The predicted octanol–water partition coefficient (Wildman–Crippen LogP) is 2.45. The van der Waals surface area contributed by atoms with E-state index in [2.05, 4.69) is 11.6 Å². The van der Waals surface area contributed by atoms with Crippen molar-refractivity contribution >= 4 is 29.0 Å². The molecule has 4 nitrogen and oxygen atoms in total. The van der Waals surface area contributed by atoms with Crippen molar-refractivity contribution in [1.82, 2.24) is 0 Å². The molecular formula is C14H21N3OS. The van der Waals surface area contributed by atoms with E-state index in [1.165, 1.54) is 19.3 Å². The Hall–Kier alpha value is -1.36. The van der Waals surface area contributed by atoms with Gasteiger partial charge >= 0.3 is 0 Å². The number of nitrogens with two attached hydrogens (primary N) is 2. The summed E-state index contributed by atoms with van der Waals surface area (Å²) in [6.07, 6.45) is 7.05. The number of carbonyl (C=O) groups excluding carboxylic acids is 1. The van der Waals surface area contributed by atoms with Crippen LogP contribution in [0.2, 0.25) is 0 Å². The van der Waals surface area contributed by atoms with Gasteiger partial charge in [0.05, 0.1) is 16.9 Å². The maximum atomic E-state index is 11.3. The van der Waals surface area contributed by atoms with Crippen molar-refractivity contribution in [3.8, 4) is 0 Å². The lowest BCUT2D eigenvalue weighted by atomic mass is 9.94. The van der Waals surface area contributed by atoms with Crippen LogP contribution in [0.15, 0.2) is 18.2 Å². The standard InChI is InChI=1S/C14H21N3OS/c1-19-12-8-3-2-6-10(12)17-11-7-4-5-9(13(11)15)14(16)18/h4-5,7,10,12,17H,2-3,6,8,15H2,1H3,(H2,16,18). The molecule has 1 aromatic rings. The number of amides is 1. The first-order chi connectivity index (χ1) is 9.13. The van der Waals surface area contributed by atoms with Gasteiger partial charge in [0.25, 0.3) is 5.91 Å². The normalized spacial score (nSPS) is 23.0. The number of rotatable bonds is 4. The summed E-state index contributed by atoms with van der Waals surface area (Å²) in [7, 11) is 0. The fourth-order valence-corrected chi connectivity index (χ4v) is 3.58. The molecule has 1 saturated carbocycles. The smallest absolute Gasteiger partial charge is 0.250 e. The summed E-state index contributed by atoms with van der Waals surface area (Å²) in [5.74, 6) is -0.480. The fourth-order valence-electron chi connectivity index (χ4n) is 2.65. The molecule has 2 rings (SSSR count). The van der Waals surface area contributed by atoms with Gasteiger partial charge in [0, 0.05) is 11.3 Å². The first-order valence-electron chi connectivity index (χ1n) is 6.61. The van der Waals surface area contributed by atoms with Crippen LogP contribution >= 0.6 is 11.8 Å². The third-order valence-corrected chi connectivity index (χ3v) is 4.89. The molecular weight excluding hydrogens is 258 g/mol. The maximum absolute atomic E-state index is 11.3. The molecule has 19 heavy (non-hydrogen) atoms. The van der Waals surface area contributed by atoms with E-state index in [0.29, 0.717) is 22.5 Å². The summed E-state index contributed by atoms with van der Waals surface area (Å²) in [4.78, 5) is 11.3. The molecule has 5 heteroatoms. The van der Waals surface area contributed by atoms with E-state index in [1.807, 2.05) is 23.9 Å². The zero-order valence-corrected chi connectivity index (χ0v) is 12.0. The minimum atomic E-state index is -0.480. The number of thioether (sulfide) groups is 1. The highest BCUT2D eigenvalue weighted by molar-refractivity contribution is 7.99. The lowest BCUT2D eigenvalue weighted by molar-refractivity contribution is 0.100. The summed E-state index contributed by atoms with van der Waals surface area (Å²) in [6.45, 7) is 0. The number of benzene rings is 1. The molecule has 0 heterocycles. The van der Waals surface area contributed by atoms with E-state index in [0.717, 1.165) is 12.1 Å². The molecule has 1 aliphatic carbocycles. The third kappa shape index (κ3) is 3.15. The van der Waals surface area contributed by atoms with Gasteiger partial charge in [-0.15, -0.1) is 0 Å². The molecule has 0 saturated heterocycles. The topological polar surface area (TPSA) is 81.1 Å². The van der Waals surface area contributed by atoms with Crippen LogP contribution in [0, 0.1) is 0 Å². The Morgan fingerprint density at radius 1 is 1.37 bits per heavy atom. The lowest BCUT2D eigenvalue weighted by Crippen LogP contribution is -2.34. The molecule has 1 amide bonds. The second-order valence-electron chi connectivity index (χ2n) is 4.94. The molecule has 1 aliphatic rings. The SMILES string of the molecule is CSC1CCCCC1Nc1cccc(C(N)=O)c1N. The Labute approximate surface area is 118 Å². The van der Waals surface area contributed by atoms with Crippen molar-refractivity contribution in [2.45, 2.75) is 37.0 Å². The number of nitrogen functional groups attached to an aromatic ring is 1. The van der Waals surface area contributed by atoms with Gasteiger partial charge in [0.2, 0.25) is 0 Å². The fraction of sp³-hybridized carbons (Fsp3) is 0.500. The molecule has 0 radical (unpaired) electrons. The molecule has 0 aromatic heterocycles. The van der Waals surface area contributed by atoms with Crippen LogP contribution in [0.4, 0.5) is 11.4 Å². The number of anilines is 2. The molecule has 0 aliphatic heterocycles. The molecule has 104 valence electrons. The summed E-state index contributed by atoms with van der Waals surface area (Å²) >= 11 is 1.89. The van der Waals surface area contributed by atoms with Crippen molar-refractivity contribution in [3.63, 3.8) is 0 Å². The minimum Gasteiger partial charge on any atom is -0.396 e. The third-order valence-electron chi connectivity index (χ3n) is 3.72. The van der Waals surface area contributed by atoms with Crippen LogP contribution in [0.1, 0.15) is 36.0 Å². The number of hydrogen-bond acceptors (Lipinski definition) is 4. The molecule has 1 fully saturated rings. The van der Waals surface area contributed by atoms with Crippen LogP contribution in [0.5, 0.6) is 0 Å². The van der Waals surface area contributed by atoms with Crippen molar-refractivity contribution in [1.29, 1.82) is 0 Å². The molecule has 0 spiro atoms. The van der Waals surface area contributed by atoms with Gasteiger partial charge < -0.3 is 16.8 Å². The minimum absolute atomic E-state index is 0.390. The Bertz CT molecular complexity index is 464. The monoisotopic (exact) mass is 279 g/mol. The largest absolute Gasteiger partial charge is 0.396 e. The second-order valence-corrected chi connectivity index (χ2v) is 6.02. The molecule has 1 aromatic carbocycles. The maximum Gasteiger partial charge on any atom is 0.250 e.